The largest absolute Gasteiger partial charge is 0.477 e. The molecule has 0 atom stereocenters. The topological polar surface area (TPSA) is 125 Å². The van der Waals surface area contributed by atoms with Crippen molar-refractivity contribution in [3.63, 3.8) is 0 Å². The molecule has 0 saturated carbocycles. The average molecular weight is 389 g/mol. The summed E-state index contributed by atoms with van der Waals surface area (Å²) in [5, 5.41) is 27.8. The SMILES string of the molecule is Cc1nc(S/C(=C/c2ccc(N3CCCCC3)c([N+](=O)[O-])c2)C(=O)O)n[nH]1. The average Bonchev–Trinajstić information content (AvgIpc) is 3.06. The van der Waals surface area contributed by atoms with E-state index < -0.39 is 10.9 Å². The third-order valence-electron chi connectivity index (χ3n) is 4.18. The number of piperidine rings is 1. The Labute approximate surface area is 159 Å². The number of aryl methyl sites for hydroxylation is 1. The predicted molar refractivity (Wildman–Crippen MR) is 102 cm³/mol. The molecule has 2 N–H and O–H groups in total. The molecule has 1 aromatic carbocycles. The summed E-state index contributed by atoms with van der Waals surface area (Å²) in [6.45, 7) is 3.29. The number of hydrogen-bond donors (Lipinski definition) is 2. The molecule has 0 unspecified atom stereocenters. The van der Waals surface area contributed by atoms with Gasteiger partial charge in [0.1, 0.15) is 16.4 Å². The standard InChI is InChI=1S/C17H19N5O4S/c1-11-18-17(20-19-11)27-15(16(23)24)10-12-5-6-13(14(9-12)22(25)26)21-7-3-2-4-8-21/h5-6,9-10H,2-4,7-8H2,1H3,(H,23,24)(H,18,19,20)/b15-10+. The van der Waals surface area contributed by atoms with Gasteiger partial charge < -0.3 is 10.0 Å². The number of nitrogens with one attached hydrogen (secondary N) is 1. The van der Waals surface area contributed by atoms with Crippen LogP contribution in [0, 0.1) is 17.0 Å². The van der Waals surface area contributed by atoms with Crippen LogP contribution in [0.4, 0.5) is 11.4 Å². The lowest BCUT2D eigenvalue weighted by atomic mass is 10.1. The van der Waals surface area contributed by atoms with Crippen molar-refractivity contribution >= 4 is 35.2 Å². The molecule has 3 rings (SSSR count). The fourth-order valence-electron chi connectivity index (χ4n) is 2.93. The highest BCUT2D eigenvalue weighted by Gasteiger charge is 2.22. The molecule has 1 aliphatic rings. The van der Waals surface area contributed by atoms with Crippen molar-refractivity contribution < 1.29 is 14.8 Å². The van der Waals surface area contributed by atoms with Crippen molar-refractivity contribution in [1.82, 2.24) is 15.2 Å². The van der Waals surface area contributed by atoms with Gasteiger partial charge in [0, 0.05) is 19.2 Å². The first-order valence-corrected chi connectivity index (χ1v) is 9.31. The number of anilines is 1. The van der Waals surface area contributed by atoms with E-state index in [-0.39, 0.29) is 15.7 Å². The number of nitrogens with zero attached hydrogens (tertiary/aromatic N) is 4. The summed E-state index contributed by atoms with van der Waals surface area (Å²) in [7, 11) is 0. The summed E-state index contributed by atoms with van der Waals surface area (Å²) in [6.07, 6.45) is 4.54. The highest BCUT2D eigenvalue weighted by Crippen LogP contribution is 2.33. The summed E-state index contributed by atoms with van der Waals surface area (Å²) >= 11 is 0.887. The van der Waals surface area contributed by atoms with Crippen molar-refractivity contribution in [1.29, 1.82) is 0 Å². The van der Waals surface area contributed by atoms with E-state index in [9.17, 15) is 20.0 Å². The van der Waals surface area contributed by atoms with Crippen molar-refractivity contribution in [3.05, 3.63) is 44.6 Å². The number of hydrogen-bond acceptors (Lipinski definition) is 7. The van der Waals surface area contributed by atoms with Gasteiger partial charge in [-0.05, 0) is 55.7 Å². The monoisotopic (exact) mass is 389 g/mol. The molecule has 0 bridgehead atoms. The van der Waals surface area contributed by atoms with E-state index in [2.05, 4.69) is 15.2 Å². The van der Waals surface area contributed by atoms with Gasteiger partial charge in [-0.2, -0.15) is 0 Å². The number of aliphatic carboxylic acids is 1. The van der Waals surface area contributed by atoms with Crippen molar-refractivity contribution in [3.8, 4) is 0 Å². The summed E-state index contributed by atoms with van der Waals surface area (Å²) in [4.78, 5) is 28.7. The molecule has 9 nitrogen and oxygen atoms in total. The number of aromatic amines is 1. The molecular formula is C17H19N5O4S. The number of H-pyrrole nitrogens is 1. The van der Waals surface area contributed by atoms with Gasteiger partial charge in [-0.1, -0.05) is 6.07 Å². The van der Waals surface area contributed by atoms with Crippen molar-refractivity contribution in [2.24, 2.45) is 0 Å². The number of benzene rings is 1. The first-order valence-electron chi connectivity index (χ1n) is 8.49. The first kappa shape index (κ1) is 18.9. The van der Waals surface area contributed by atoms with E-state index in [0.29, 0.717) is 17.1 Å². The van der Waals surface area contributed by atoms with Gasteiger partial charge in [0.15, 0.2) is 0 Å². The second-order valence-electron chi connectivity index (χ2n) is 6.17. The zero-order valence-electron chi connectivity index (χ0n) is 14.7. The van der Waals surface area contributed by atoms with Gasteiger partial charge in [-0.15, -0.1) is 5.10 Å². The molecule has 2 heterocycles. The highest BCUT2D eigenvalue weighted by molar-refractivity contribution is 8.04. The number of carbonyl (C=O) groups is 1. The van der Waals surface area contributed by atoms with Crippen LogP contribution in [0.1, 0.15) is 30.7 Å². The molecule has 142 valence electrons. The van der Waals surface area contributed by atoms with E-state index in [1.54, 1.807) is 19.1 Å². The van der Waals surface area contributed by atoms with Crippen LogP contribution in [0.25, 0.3) is 6.08 Å². The van der Waals surface area contributed by atoms with Gasteiger partial charge in [-0.3, -0.25) is 15.2 Å². The third kappa shape index (κ3) is 4.64. The van der Waals surface area contributed by atoms with E-state index >= 15 is 0 Å². The fourth-order valence-corrected chi connectivity index (χ4v) is 3.68. The zero-order chi connectivity index (χ0) is 19.4. The summed E-state index contributed by atoms with van der Waals surface area (Å²) in [5.41, 5.74) is 1.000. The van der Waals surface area contributed by atoms with Crippen LogP contribution < -0.4 is 4.90 Å². The Kier molecular flexibility index (Phi) is 5.75. The molecule has 1 saturated heterocycles. The number of carboxylic acids is 1. The maximum Gasteiger partial charge on any atom is 0.342 e. The molecule has 2 aromatic rings. The van der Waals surface area contributed by atoms with E-state index in [0.717, 1.165) is 44.1 Å². The fraction of sp³-hybridized carbons (Fsp3) is 0.353. The Morgan fingerprint density at radius 2 is 2.11 bits per heavy atom. The van der Waals surface area contributed by atoms with Crippen LogP contribution in [0.15, 0.2) is 28.3 Å². The smallest absolute Gasteiger partial charge is 0.342 e. The maximum absolute atomic E-state index is 11.6. The van der Waals surface area contributed by atoms with Gasteiger partial charge in [0.25, 0.3) is 5.69 Å². The zero-order valence-corrected chi connectivity index (χ0v) is 15.5. The van der Waals surface area contributed by atoms with Crippen LogP contribution in [0.2, 0.25) is 0 Å². The lowest BCUT2D eigenvalue weighted by Crippen LogP contribution is -2.29. The summed E-state index contributed by atoms with van der Waals surface area (Å²) in [6, 6.07) is 4.80. The Bertz CT molecular complexity index is 889. The van der Waals surface area contributed by atoms with Crippen LogP contribution >= 0.6 is 11.8 Å². The molecule has 0 radical (unpaired) electrons. The minimum atomic E-state index is -1.15. The van der Waals surface area contributed by atoms with Crippen LogP contribution in [0.3, 0.4) is 0 Å². The molecular weight excluding hydrogens is 370 g/mol. The summed E-state index contributed by atoms with van der Waals surface area (Å²) < 4.78 is 0. The molecule has 1 fully saturated rings. The van der Waals surface area contributed by atoms with Crippen LogP contribution in [-0.4, -0.2) is 44.3 Å². The Hall–Kier alpha value is -2.88. The first-order chi connectivity index (χ1) is 12.9. The van der Waals surface area contributed by atoms with Crippen molar-refractivity contribution in [2.45, 2.75) is 31.3 Å². The third-order valence-corrected chi connectivity index (χ3v) is 5.06. The molecule has 10 heteroatoms. The van der Waals surface area contributed by atoms with Gasteiger partial charge >= 0.3 is 5.97 Å². The highest BCUT2D eigenvalue weighted by atomic mass is 32.2. The quantitative estimate of drug-likeness (QED) is 0.334. The van der Waals surface area contributed by atoms with Gasteiger partial charge in [0.05, 0.1) is 4.92 Å². The van der Waals surface area contributed by atoms with E-state index in [1.165, 1.54) is 12.1 Å². The Morgan fingerprint density at radius 1 is 1.37 bits per heavy atom. The van der Waals surface area contributed by atoms with Gasteiger partial charge in [0.2, 0.25) is 5.16 Å². The molecule has 0 aliphatic carbocycles. The number of thioether (sulfide) groups is 1. The number of aromatic nitrogens is 3. The summed E-state index contributed by atoms with van der Waals surface area (Å²) in [5.74, 6) is -0.575. The molecule has 1 aromatic heterocycles. The molecule has 27 heavy (non-hydrogen) atoms. The minimum absolute atomic E-state index is 0.0193. The number of nitro benzene ring substituents is 1. The Balaban J connectivity index is 1.92. The van der Waals surface area contributed by atoms with Gasteiger partial charge in [-0.25, -0.2) is 9.78 Å². The number of nitro groups is 1. The molecule has 1 aliphatic heterocycles. The second-order valence-corrected chi connectivity index (χ2v) is 7.18. The lowest BCUT2D eigenvalue weighted by Gasteiger charge is -2.28. The molecule has 0 amide bonds. The normalized spacial score (nSPS) is 15.0. The van der Waals surface area contributed by atoms with Crippen LogP contribution in [-0.2, 0) is 4.79 Å². The number of rotatable bonds is 6. The van der Waals surface area contributed by atoms with E-state index in [1.807, 2.05) is 4.90 Å². The van der Waals surface area contributed by atoms with Crippen LogP contribution in [0.5, 0.6) is 0 Å². The predicted octanol–water partition coefficient (Wildman–Crippen LogP) is 3.23. The van der Waals surface area contributed by atoms with Crippen molar-refractivity contribution in [2.75, 3.05) is 18.0 Å². The molecule has 0 spiro atoms. The lowest BCUT2D eigenvalue weighted by molar-refractivity contribution is -0.384. The van der Waals surface area contributed by atoms with E-state index in [4.69, 9.17) is 0 Å². The second kappa shape index (κ2) is 8.21. The maximum atomic E-state index is 11.6. The Morgan fingerprint density at radius 3 is 2.70 bits per heavy atom. The number of carboxylic acid groups (broad SMARTS) is 1. The minimum Gasteiger partial charge on any atom is -0.477 e.